The third kappa shape index (κ3) is 4.39. The summed E-state index contributed by atoms with van der Waals surface area (Å²) in [4.78, 5) is 0. The van der Waals surface area contributed by atoms with E-state index in [0.717, 1.165) is 24.2 Å². The molecule has 3 nitrogen and oxygen atoms in total. The number of halogens is 1. The van der Waals surface area contributed by atoms with Gasteiger partial charge in [0.25, 0.3) is 0 Å². The molecule has 0 saturated carbocycles. The Morgan fingerprint density at radius 3 is 2.81 bits per heavy atom. The maximum Gasteiger partial charge on any atom is 0.122 e. The van der Waals surface area contributed by atoms with Gasteiger partial charge in [-0.3, -0.25) is 0 Å². The topological polar surface area (TPSA) is 38.7 Å². The Balaban J connectivity index is 2.42. The standard InChI is InChI=1S/C12H17ClO3/c1-15-12-5-4-11(13)9-10(12)3-2-7-16-8-6-14/h4-5,9,14H,2-3,6-8H2,1H3. The summed E-state index contributed by atoms with van der Waals surface area (Å²) in [6.45, 7) is 1.10. The van der Waals surface area contributed by atoms with E-state index in [4.69, 9.17) is 26.2 Å². The first-order valence-corrected chi connectivity index (χ1v) is 5.66. The van der Waals surface area contributed by atoms with Gasteiger partial charge in [-0.1, -0.05) is 11.6 Å². The Morgan fingerprint density at radius 1 is 1.31 bits per heavy atom. The van der Waals surface area contributed by atoms with Crippen molar-refractivity contribution in [3.63, 3.8) is 0 Å². The summed E-state index contributed by atoms with van der Waals surface area (Å²) in [5, 5.41) is 9.25. The monoisotopic (exact) mass is 244 g/mol. The summed E-state index contributed by atoms with van der Waals surface area (Å²) < 4.78 is 10.4. The van der Waals surface area contributed by atoms with Crippen molar-refractivity contribution in [2.45, 2.75) is 12.8 Å². The fourth-order valence-corrected chi connectivity index (χ4v) is 1.67. The SMILES string of the molecule is COc1ccc(Cl)cc1CCCOCCO. The Morgan fingerprint density at radius 2 is 2.12 bits per heavy atom. The number of hydrogen-bond acceptors (Lipinski definition) is 3. The zero-order chi connectivity index (χ0) is 11.8. The van der Waals surface area contributed by atoms with Crippen molar-refractivity contribution in [3.05, 3.63) is 28.8 Å². The molecule has 0 bridgehead atoms. The van der Waals surface area contributed by atoms with Gasteiger partial charge in [-0.15, -0.1) is 0 Å². The quantitative estimate of drug-likeness (QED) is 0.748. The molecule has 0 unspecified atom stereocenters. The van der Waals surface area contributed by atoms with Crippen LogP contribution in [0.4, 0.5) is 0 Å². The van der Waals surface area contributed by atoms with Crippen LogP contribution in [0.25, 0.3) is 0 Å². The molecule has 90 valence electrons. The molecule has 0 atom stereocenters. The van der Waals surface area contributed by atoms with E-state index in [1.54, 1.807) is 7.11 Å². The smallest absolute Gasteiger partial charge is 0.122 e. The average Bonchev–Trinajstić information content (AvgIpc) is 2.29. The summed E-state index contributed by atoms with van der Waals surface area (Å²) >= 11 is 5.92. The molecular weight excluding hydrogens is 228 g/mol. The second kappa shape index (κ2) is 7.49. The molecule has 0 aliphatic rings. The van der Waals surface area contributed by atoms with Crippen molar-refractivity contribution in [2.75, 3.05) is 26.9 Å². The van der Waals surface area contributed by atoms with Crippen molar-refractivity contribution < 1.29 is 14.6 Å². The van der Waals surface area contributed by atoms with Gasteiger partial charge < -0.3 is 14.6 Å². The van der Waals surface area contributed by atoms with Crippen LogP contribution in [0.3, 0.4) is 0 Å². The maximum absolute atomic E-state index is 8.54. The third-order valence-electron chi connectivity index (χ3n) is 2.21. The molecule has 0 fully saturated rings. The lowest BCUT2D eigenvalue weighted by Crippen LogP contribution is -2.02. The van der Waals surface area contributed by atoms with Crippen molar-refractivity contribution in [1.29, 1.82) is 0 Å². The Hall–Kier alpha value is -0.770. The van der Waals surface area contributed by atoms with E-state index >= 15 is 0 Å². The molecule has 0 spiro atoms. The molecule has 0 heterocycles. The van der Waals surface area contributed by atoms with E-state index in [2.05, 4.69) is 0 Å². The van der Waals surface area contributed by atoms with Gasteiger partial charge in [0.05, 0.1) is 20.3 Å². The highest BCUT2D eigenvalue weighted by molar-refractivity contribution is 6.30. The molecule has 0 aliphatic carbocycles. The highest BCUT2D eigenvalue weighted by atomic mass is 35.5. The van der Waals surface area contributed by atoms with Gasteiger partial charge in [0.2, 0.25) is 0 Å². The minimum atomic E-state index is 0.0699. The second-order valence-electron chi connectivity index (χ2n) is 3.40. The minimum Gasteiger partial charge on any atom is -0.496 e. The normalized spacial score (nSPS) is 10.4. The number of hydrogen-bond donors (Lipinski definition) is 1. The van der Waals surface area contributed by atoms with Crippen molar-refractivity contribution in [3.8, 4) is 5.75 Å². The van der Waals surface area contributed by atoms with Gasteiger partial charge in [-0.05, 0) is 36.6 Å². The molecular formula is C12H17ClO3. The van der Waals surface area contributed by atoms with Crippen LogP contribution >= 0.6 is 11.6 Å². The first-order valence-electron chi connectivity index (χ1n) is 5.29. The van der Waals surface area contributed by atoms with E-state index in [-0.39, 0.29) is 6.61 Å². The molecule has 1 N–H and O–H groups in total. The lowest BCUT2D eigenvalue weighted by Gasteiger charge is -2.08. The average molecular weight is 245 g/mol. The molecule has 0 aromatic heterocycles. The summed E-state index contributed by atoms with van der Waals surface area (Å²) in [7, 11) is 1.65. The lowest BCUT2D eigenvalue weighted by atomic mass is 10.1. The van der Waals surface area contributed by atoms with Crippen LogP contribution < -0.4 is 4.74 Å². The van der Waals surface area contributed by atoms with E-state index in [1.807, 2.05) is 18.2 Å². The van der Waals surface area contributed by atoms with Crippen LogP contribution in [-0.2, 0) is 11.2 Å². The Kier molecular flexibility index (Phi) is 6.23. The first kappa shape index (κ1) is 13.3. The number of rotatable bonds is 7. The first-order chi connectivity index (χ1) is 7.77. The van der Waals surface area contributed by atoms with Crippen molar-refractivity contribution in [1.82, 2.24) is 0 Å². The molecule has 1 aromatic carbocycles. The van der Waals surface area contributed by atoms with Crippen LogP contribution in [0, 0.1) is 0 Å². The fourth-order valence-electron chi connectivity index (χ4n) is 1.47. The summed E-state index contributed by atoms with van der Waals surface area (Å²) in [6.07, 6.45) is 1.74. The molecule has 0 saturated heterocycles. The highest BCUT2D eigenvalue weighted by Crippen LogP contribution is 2.23. The third-order valence-corrected chi connectivity index (χ3v) is 2.45. The zero-order valence-electron chi connectivity index (χ0n) is 9.41. The van der Waals surface area contributed by atoms with Crippen LogP contribution in [-0.4, -0.2) is 32.0 Å². The van der Waals surface area contributed by atoms with Gasteiger partial charge in [0.15, 0.2) is 0 Å². The van der Waals surface area contributed by atoms with Crippen LogP contribution in [0.1, 0.15) is 12.0 Å². The highest BCUT2D eigenvalue weighted by Gasteiger charge is 2.03. The number of ether oxygens (including phenoxy) is 2. The maximum atomic E-state index is 8.54. The van der Waals surface area contributed by atoms with Gasteiger partial charge in [0.1, 0.15) is 5.75 Å². The van der Waals surface area contributed by atoms with Gasteiger partial charge in [0, 0.05) is 11.6 Å². The molecule has 4 heteroatoms. The van der Waals surface area contributed by atoms with Gasteiger partial charge >= 0.3 is 0 Å². The number of aryl methyl sites for hydroxylation is 1. The Labute approximate surface area is 101 Å². The molecule has 16 heavy (non-hydrogen) atoms. The Bertz CT molecular complexity index is 315. The number of methoxy groups -OCH3 is 1. The zero-order valence-corrected chi connectivity index (χ0v) is 10.2. The molecule has 1 rings (SSSR count). The number of aliphatic hydroxyl groups excluding tert-OH is 1. The van der Waals surface area contributed by atoms with E-state index < -0.39 is 0 Å². The predicted molar refractivity (Wildman–Crippen MR) is 64.2 cm³/mol. The molecule has 0 amide bonds. The van der Waals surface area contributed by atoms with Crippen molar-refractivity contribution in [2.24, 2.45) is 0 Å². The predicted octanol–water partition coefficient (Wildman–Crippen LogP) is 2.29. The number of aliphatic hydroxyl groups is 1. The molecule has 0 aliphatic heterocycles. The molecule has 1 aromatic rings. The van der Waals surface area contributed by atoms with Crippen LogP contribution in [0.2, 0.25) is 5.02 Å². The lowest BCUT2D eigenvalue weighted by molar-refractivity contribution is 0.0908. The van der Waals surface area contributed by atoms with E-state index in [9.17, 15) is 0 Å². The summed E-state index contributed by atoms with van der Waals surface area (Å²) in [5.41, 5.74) is 1.09. The van der Waals surface area contributed by atoms with E-state index in [0.29, 0.717) is 18.2 Å². The minimum absolute atomic E-state index is 0.0699. The van der Waals surface area contributed by atoms with Crippen LogP contribution in [0.5, 0.6) is 5.75 Å². The van der Waals surface area contributed by atoms with Crippen LogP contribution in [0.15, 0.2) is 18.2 Å². The second-order valence-corrected chi connectivity index (χ2v) is 3.83. The summed E-state index contributed by atoms with van der Waals surface area (Å²) in [6, 6.07) is 5.59. The van der Waals surface area contributed by atoms with Gasteiger partial charge in [-0.25, -0.2) is 0 Å². The van der Waals surface area contributed by atoms with Gasteiger partial charge in [-0.2, -0.15) is 0 Å². The van der Waals surface area contributed by atoms with Crippen molar-refractivity contribution >= 4 is 11.6 Å². The largest absolute Gasteiger partial charge is 0.496 e. The number of benzene rings is 1. The fraction of sp³-hybridized carbons (Fsp3) is 0.500. The van der Waals surface area contributed by atoms with E-state index in [1.165, 1.54) is 0 Å². The summed E-state index contributed by atoms with van der Waals surface area (Å²) in [5.74, 6) is 0.853. The molecule has 0 radical (unpaired) electrons.